The van der Waals surface area contributed by atoms with Crippen LogP contribution in [0.15, 0.2) is 158 Å². The van der Waals surface area contributed by atoms with E-state index >= 15 is 0 Å². The van der Waals surface area contributed by atoms with Crippen LogP contribution >= 0.6 is 0 Å². The molecule has 0 aliphatic rings. The summed E-state index contributed by atoms with van der Waals surface area (Å²) in [7, 11) is 0. The molecule has 0 aromatic heterocycles. The maximum absolute atomic E-state index is 3.53. The van der Waals surface area contributed by atoms with Gasteiger partial charge in [-0.2, -0.15) is 0 Å². The minimum Gasteiger partial charge on any atom is -0.0622 e. The largest absolute Gasteiger partial charge is 0.0622 e. The minimum absolute atomic E-state index is 0.825. The van der Waals surface area contributed by atoms with Gasteiger partial charge in [0.2, 0.25) is 0 Å². The Balaban J connectivity index is 1.62. The Kier molecular flexibility index (Phi) is 8.06. The van der Waals surface area contributed by atoms with Crippen molar-refractivity contribution < 1.29 is 0 Å². The minimum atomic E-state index is 0.825. The summed E-state index contributed by atoms with van der Waals surface area (Å²) in [6.07, 6.45) is 0. The second kappa shape index (κ2) is 12.9. The van der Waals surface area contributed by atoms with Crippen LogP contribution in [0.1, 0.15) is 33.4 Å². The smallest absolute Gasteiger partial charge is 0.0568 e. The van der Waals surface area contributed by atoms with E-state index in [-0.39, 0.29) is 0 Å². The summed E-state index contributed by atoms with van der Waals surface area (Å²) in [5, 5.41) is 0. The fraction of sp³-hybridized carbons (Fsp3) is 0. The molecule has 0 unspecified atom stereocenters. The van der Waals surface area contributed by atoms with E-state index in [9.17, 15) is 0 Å². The number of hydrogen-bond acceptors (Lipinski definition) is 0. The number of hydrogen-bond donors (Lipinski definition) is 0. The lowest BCUT2D eigenvalue weighted by atomic mass is 9.88. The molecule has 0 nitrogen and oxygen atoms in total. The van der Waals surface area contributed by atoms with Gasteiger partial charge in [-0.1, -0.05) is 151 Å². The normalized spacial score (nSPS) is 9.81. The zero-order valence-corrected chi connectivity index (χ0v) is 23.0. The van der Waals surface area contributed by atoms with Gasteiger partial charge in [0.1, 0.15) is 0 Å². The van der Waals surface area contributed by atoms with Gasteiger partial charge in [0.05, 0.1) is 5.56 Å². The van der Waals surface area contributed by atoms with Crippen molar-refractivity contribution in [1.29, 1.82) is 0 Å². The maximum atomic E-state index is 3.53. The van der Waals surface area contributed by atoms with Gasteiger partial charge in [0.15, 0.2) is 0 Å². The number of rotatable bonds is 2. The molecule has 0 fully saturated rings. The van der Waals surface area contributed by atoms with E-state index in [0.717, 1.165) is 55.6 Å². The van der Waals surface area contributed by atoms with Crippen LogP contribution in [0.25, 0.3) is 22.3 Å². The second-order valence-electron chi connectivity index (χ2n) is 9.67. The molecule has 0 saturated heterocycles. The Morgan fingerprint density at radius 3 is 1.24 bits per heavy atom. The van der Waals surface area contributed by atoms with E-state index in [1.54, 1.807) is 0 Å². The Hall–Kier alpha value is -6.00. The molecule has 0 heteroatoms. The molecule has 6 aromatic carbocycles. The van der Waals surface area contributed by atoms with Crippen LogP contribution in [0.4, 0.5) is 0 Å². The van der Waals surface area contributed by atoms with Crippen molar-refractivity contribution in [2.24, 2.45) is 0 Å². The van der Waals surface area contributed by atoms with E-state index in [4.69, 9.17) is 0 Å². The summed E-state index contributed by atoms with van der Waals surface area (Å²) in [6.45, 7) is 0. The molecular formula is C42H26. The van der Waals surface area contributed by atoms with E-state index < -0.39 is 0 Å². The summed E-state index contributed by atoms with van der Waals surface area (Å²) < 4.78 is 0. The Morgan fingerprint density at radius 1 is 0.262 bits per heavy atom. The lowest BCUT2D eigenvalue weighted by Crippen LogP contribution is -1.97. The summed E-state index contributed by atoms with van der Waals surface area (Å²) in [4.78, 5) is 0. The molecule has 0 saturated carbocycles. The van der Waals surface area contributed by atoms with Crippen molar-refractivity contribution in [1.82, 2.24) is 0 Å². The van der Waals surface area contributed by atoms with Crippen molar-refractivity contribution in [3.05, 3.63) is 191 Å². The zero-order chi connectivity index (χ0) is 28.4. The molecule has 194 valence electrons. The van der Waals surface area contributed by atoms with Crippen molar-refractivity contribution in [3.63, 3.8) is 0 Å². The molecule has 0 amide bonds. The van der Waals surface area contributed by atoms with Gasteiger partial charge in [0, 0.05) is 27.8 Å². The van der Waals surface area contributed by atoms with Crippen LogP contribution in [-0.2, 0) is 0 Å². The molecule has 0 radical (unpaired) electrons. The molecule has 0 heterocycles. The van der Waals surface area contributed by atoms with Crippen molar-refractivity contribution in [2.75, 3.05) is 0 Å². The average Bonchev–Trinajstić information content (AvgIpc) is 3.07. The van der Waals surface area contributed by atoms with E-state index in [1.165, 1.54) is 0 Å². The van der Waals surface area contributed by atoms with Crippen LogP contribution in [0.3, 0.4) is 0 Å². The fourth-order valence-electron chi connectivity index (χ4n) is 4.75. The highest BCUT2D eigenvalue weighted by molar-refractivity contribution is 5.88. The molecule has 0 bridgehead atoms. The summed E-state index contributed by atoms with van der Waals surface area (Å²) in [6, 6.07) is 53.3. The topological polar surface area (TPSA) is 0 Å². The second-order valence-corrected chi connectivity index (χ2v) is 9.67. The van der Waals surface area contributed by atoms with Gasteiger partial charge in [-0.3, -0.25) is 0 Å². The third kappa shape index (κ3) is 6.24. The summed E-state index contributed by atoms with van der Waals surface area (Å²) in [5.74, 6) is 20.5. The molecule has 42 heavy (non-hydrogen) atoms. The molecule has 0 spiro atoms. The first-order valence-corrected chi connectivity index (χ1v) is 13.9. The predicted octanol–water partition coefficient (Wildman–Crippen LogP) is 9.22. The van der Waals surface area contributed by atoms with Gasteiger partial charge in [-0.15, -0.1) is 0 Å². The molecule has 0 aliphatic carbocycles. The standard InChI is InChI=1S/C42H26/c1-5-15-33(16-6-1)25-28-37-29-32-42(40-24-14-13-23-38(40)36-21-11-4-12-22-36)41(31-27-35-19-9-3-10-20-35)39(37)30-26-34-17-7-2-8-18-34/h1-24,29,32H. The van der Waals surface area contributed by atoms with Crippen LogP contribution < -0.4 is 0 Å². The predicted molar refractivity (Wildman–Crippen MR) is 175 cm³/mol. The molecule has 0 N–H and O–H groups in total. The Bertz CT molecular complexity index is 2000. The highest BCUT2D eigenvalue weighted by Gasteiger charge is 2.15. The quantitative estimate of drug-likeness (QED) is 0.196. The fourth-order valence-corrected chi connectivity index (χ4v) is 4.75. The first kappa shape index (κ1) is 26.2. The molecule has 0 atom stereocenters. The average molecular weight is 531 g/mol. The Labute approximate surface area is 248 Å². The molecule has 0 aliphatic heterocycles. The van der Waals surface area contributed by atoms with Gasteiger partial charge in [-0.25, -0.2) is 0 Å². The van der Waals surface area contributed by atoms with E-state index in [2.05, 4.69) is 96.2 Å². The SMILES string of the molecule is C(#Cc1ccc(-c2ccccc2-c2ccccc2)c(C#Cc2ccccc2)c1C#Cc1ccccc1)c1ccccc1. The van der Waals surface area contributed by atoms with Crippen LogP contribution in [0, 0.1) is 35.5 Å². The highest BCUT2D eigenvalue weighted by atomic mass is 14.2. The lowest BCUT2D eigenvalue weighted by molar-refractivity contribution is 1.50. The van der Waals surface area contributed by atoms with Crippen LogP contribution in [0.2, 0.25) is 0 Å². The number of benzene rings is 6. The first-order chi connectivity index (χ1) is 20.8. The molecule has 6 rings (SSSR count). The third-order valence-electron chi connectivity index (χ3n) is 6.83. The van der Waals surface area contributed by atoms with E-state index in [1.807, 2.05) is 97.1 Å². The summed E-state index contributed by atoms with van der Waals surface area (Å²) >= 11 is 0. The monoisotopic (exact) mass is 530 g/mol. The van der Waals surface area contributed by atoms with Gasteiger partial charge >= 0.3 is 0 Å². The van der Waals surface area contributed by atoms with Crippen molar-refractivity contribution in [3.8, 4) is 57.8 Å². The van der Waals surface area contributed by atoms with Crippen molar-refractivity contribution in [2.45, 2.75) is 0 Å². The van der Waals surface area contributed by atoms with Gasteiger partial charge < -0.3 is 0 Å². The van der Waals surface area contributed by atoms with E-state index in [0.29, 0.717) is 0 Å². The van der Waals surface area contributed by atoms with Crippen LogP contribution in [0.5, 0.6) is 0 Å². The summed E-state index contributed by atoms with van der Waals surface area (Å²) in [5.41, 5.74) is 9.81. The Morgan fingerprint density at radius 2 is 0.690 bits per heavy atom. The molecular weight excluding hydrogens is 504 g/mol. The first-order valence-electron chi connectivity index (χ1n) is 13.9. The van der Waals surface area contributed by atoms with Crippen LogP contribution in [-0.4, -0.2) is 0 Å². The maximum Gasteiger partial charge on any atom is 0.0568 e. The zero-order valence-electron chi connectivity index (χ0n) is 23.0. The lowest BCUT2D eigenvalue weighted by Gasteiger charge is -2.14. The highest BCUT2D eigenvalue weighted by Crippen LogP contribution is 2.35. The third-order valence-corrected chi connectivity index (χ3v) is 6.83. The molecule has 6 aromatic rings. The van der Waals surface area contributed by atoms with Gasteiger partial charge in [0.25, 0.3) is 0 Å². The van der Waals surface area contributed by atoms with Crippen molar-refractivity contribution >= 4 is 0 Å². The van der Waals surface area contributed by atoms with Gasteiger partial charge in [-0.05, 0) is 64.7 Å².